The fourth-order valence-corrected chi connectivity index (χ4v) is 2.08. The van der Waals surface area contributed by atoms with E-state index < -0.39 is 5.82 Å². The summed E-state index contributed by atoms with van der Waals surface area (Å²) in [5.41, 5.74) is 2.49. The largest absolute Gasteiger partial charge is 0.479 e. The van der Waals surface area contributed by atoms with Gasteiger partial charge in [0.05, 0.1) is 17.8 Å². The molecule has 0 amide bonds. The number of benzene rings is 1. The topological polar surface area (TPSA) is 37.4 Å². The minimum absolute atomic E-state index is 0.117. The van der Waals surface area contributed by atoms with Gasteiger partial charge < -0.3 is 15.0 Å². The smallest absolute Gasteiger partial charge is 0.239 e. The number of halogens is 2. The Balaban J connectivity index is 2.24. The SMILES string of the molecule is COc1nccc(N(C)C)c1NCc1ccc(Cl)c(F)c1. The first kappa shape index (κ1) is 15.4. The zero-order valence-electron chi connectivity index (χ0n) is 12.2. The molecule has 0 unspecified atom stereocenters. The Hall–Kier alpha value is -2.01. The summed E-state index contributed by atoms with van der Waals surface area (Å²) in [6, 6.07) is 6.61. The number of ether oxygens (including phenoxy) is 1. The highest BCUT2D eigenvalue weighted by molar-refractivity contribution is 6.30. The average Bonchev–Trinajstić information content (AvgIpc) is 2.48. The van der Waals surface area contributed by atoms with Gasteiger partial charge in [0, 0.05) is 26.8 Å². The van der Waals surface area contributed by atoms with Gasteiger partial charge in [-0.25, -0.2) is 9.37 Å². The van der Waals surface area contributed by atoms with Crippen LogP contribution < -0.4 is 15.0 Å². The van der Waals surface area contributed by atoms with Crippen LogP contribution in [0.15, 0.2) is 30.5 Å². The van der Waals surface area contributed by atoms with Gasteiger partial charge in [0.25, 0.3) is 0 Å². The fraction of sp³-hybridized carbons (Fsp3) is 0.267. The normalized spacial score (nSPS) is 10.3. The third kappa shape index (κ3) is 3.55. The molecular weight excluding hydrogens is 293 g/mol. The summed E-state index contributed by atoms with van der Waals surface area (Å²) in [4.78, 5) is 6.13. The van der Waals surface area contributed by atoms with Gasteiger partial charge in [-0.1, -0.05) is 17.7 Å². The van der Waals surface area contributed by atoms with E-state index in [1.807, 2.05) is 25.1 Å². The molecular formula is C15H17ClFN3O. The van der Waals surface area contributed by atoms with Gasteiger partial charge >= 0.3 is 0 Å². The van der Waals surface area contributed by atoms with Crippen LogP contribution in [0.4, 0.5) is 15.8 Å². The second-order valence-corrected chi connectivity index (χ2v) is 5.12. The molecule has 0 aliphatic carbocycles. The number of hydrogen-bond acceptors (Lipinski definition) is 4. The Labute approximate surface area is 128 Å². The molecule has 0 bridgehead atoms. The van der Waals surface area contributed by atoms with E-state index in [9.17, 15) is 4.39 Å². The lowest BCUT2D eigenvalue weighted by Gasteiger charge is -2.20. The highest BCUT2D eigenvalue weighted by Gasteiger charge is 2.12. The van der Waals surface area contributed by atoms with Gasteiger partial charge in [0.1, 0.15) is 11.5 Å². The first-order valence-electron chi connectivity index (χ1n) is 6.41. The zero-order chi connectivity index (χ0) is 15.4. The second kappa shape index (κ2) is 6.63. The van der Waals surface area contributed by atoms with Gasteiger partial charge in [0.15, 0.2) is 0 Å². The minimum Gasteiger partial charge on any atom is -0.479 e. The predicted molar refractivity (Wildman–Crippen MR) is 83.9 cm³/mol. The number of nitrogens with one attached hydrogen (secondary N) is 1. The summed E-state index contributed by atoms with van der Waals surface area (Å²) in [6.07, 6.45) is 1.68. The maximum absolute atomic E-state index is 13.5. The summed E-state index contributed by atoms with van der Waals surface area (Å²) in [6.45, 7) is 0.441. The minimum atomic E-state index is -0.429. The van der Waals surface area contributed by atoms with Crippen molar-refractivity contribution in [2.75, 3.05) is 31.4 Å². The summed E-state index contributed by atoms with van der Waals surface area (Å²) < 4.78 is 18.7. The van der Waals surface area contributed by atoms with Crippen LogP contribution in [0, 0.1) is 5.82 Å². The van der Waals surface area contributed by atoms with E-state index >= 15 is 0 Å². The Kier molecular flexibility index (Phi) is 4.85. The van der Waals surface area contributed by atoms with Crippen molar-refractivity contribution in [3.63, 3.8) is 0 Å². The maximum Gasteiger partial charge on any atom is 0.239 e. The molecule has 2 aromatic rings. The first-order chi connectivity index (χ1) is 10.0. The van der Waals surface area contributed by atoms with E-state index in [0.717, 1.165) is 16.9 Å². The van der Waals surface area contributed by atoms with E-state index in [2.05, 4.69) is 10.3 Å². The van der Waals surface area contributed by atoms with Crippen LogP contribution in [0.5, 0.6) is 5.88 Å². The van der Waals surface area contributed by atoms with E-state index in [1.54, 1.807) is 25.4 Å². The van der Waals surface area contributed by atoms with Crippen LogP contribution in [0.2, 0.25) is 5.02 Å². The van der Waals surface area contributed by atoms with Crippen LogP contribution in [0.3, 0.4) is 0 Å². The predicted octanol–water partition coefficient (Wildman–Crippen LogP) is 3.56. The highest BCUT2D eigenvalue weighted by Crippen LogP contribution is 2.32. The second-order valence-electron chi connectivity index (χ2n) is 4.71. The van der Waals surface area contributed by atoms with Crippen LogP contribution in [-0.4, -0.2) is 26.2 Å². The quantitative estimate of drug-likeness (QED) is 0.916. The number of anilines is 2. The summed E-state index contributed by atoms with van der Waals surface area (Å²) in [7, 11) is 5.43. The molecule has 1 N–H and O–H groups in total. The van der Waals surface area contributed by atoms with Crippen LogP contribution in [-0.2, 0) is 6.54 Å². The Morgan fingerprint density at radius 2 is 2.10 bits per heavy atom. The molecule has 0 radical (unpaired) electrons. The first-order valence-corrected chi connectivity index (χ1v) is 6.79. The third-order valence-electron chi connectivity index (χ3n) is 3.02. The highest BCUT2D eigenvalue weighted by atomic mass is 35.5. The molecule has 1 aromatic carbocycles. The molecule has 0 spiro atoms. The lowest BCUT2D eigenvalue weighted by atomic mass is 10.2. The van der Waals surface area contributed by atoms with Crippen molar-refractivity contribution in [2.24, 2.45) is 0 Å². The molecule has 112 valence electrons. The molecule has 21 heavy (non-hydrogen) atoms. The lowest BCUT2D eigenvalue weighted by molar-refractivity contribution is 0.400. The third-order valence-corrected chi connectivity index (χ3v) is 3.33. The van der Waals surface area contributed by atoms with E-state index in [0.29, 0.717) is 12.4 Å². The number of aromatic nitrogens is 1. The molecule has 4 nitrogen and oxygen atoms in total. The van der Waals surface area contributed by atoms with Gasteiger partial charge in [0.2, 0.25) is 5.88 Å². The monoisotopic (exact) mass is 309 g/mol. The summed E-state index contributed by atoms with van der Waals surface area (Å²) >= 11 is 5.68. The Morgan fingerprint density at radius 1 is 1.33 bits per heavy atom. The molecule has 0 saturated heterocycles. The molecule has 1 aromatic heterocycles. The van der Waals surface area contributed by atoms with Gasteiger partial charge in [-0.2, -0.15) is 0 Å². The van der Waals surface area contributed by atoms with Crippen molar-refractivity contribution in [1.82, 2.24) is 4.98 Å². The Morgan fingerprint density at radius 3 is 2.71 bits per heavy atom. The number of methoxy groups -OCH3 is 1. The molecule has 1 heterocycles. The van der Waals surface area contributed by atoms with Crippen molar-refractivity contribution in [1.29, 1.82) is 0 Å². The fourth-order valence-electron chi connectivity index (χ4n) is 1.97. The van der Waals surface area contributed by atoms with Gasteiger partial charge in [-0.15, -0.1) is 0 Å². The zero-order valence-corrected chi connectivity index (χ0v) is 12.9. The van der Waals surface area contributed by atoms with Crippen molar-refractivity contribution >= 4 is 23.0 Å². The number of rotatable bonds is 5. The van der Waals surface area contributed by atoms with Crippen molar-refractivity contribution in [3.05, 3.63) is 46.9 Å². The number of pyridine rings is 1. The molecule has 0 aliphatic rings. The molecule has 0 saturated carbocycles. The van der Waals surface area contributed by atoms with Crippen molar-refractivity contribution in [2.45, 2.75) is 6.54 Å². The van der Waals surface area contributed by atoms with Crippen LogP contribution >= 0.6 is 11.6 Å². The molecule has 0 fully saturated rings. The summed E-state index contributed by atoms with van der Waals surface area (Å²) in [5, 5.41) is 3.36. The standard InChI is InChI=1S/C15H17ClFN3O/c1-20(2)13-6-7-18-15(21-3)14(13)19-9-10-4-5-11(16)12(17)8-10/h4-8,19H,9H2,1-3H3. The molecule has 2 rings (SSSR count). The van der Waals surface area contributed by atoms with E-state index in [-0.39, 0.29) is 5.02 Å². The van der Waals surface area contributed by atoms with E-state index in [4.69, 9.17) is 16.3 Å². The van der Waals surface area contributed by atoms with Gasteiger partial charge in [-0.3, -0.25) is 0 Å². The van der Waals surface area contributed by atoms with Crippen LogP contribution in [0.25, 0.3) is 0 Å². The summed E-state index contributed by atoms with van der Waals surface area (Å²) in [5.74, 6) is 0.0672. The maximum atomic E-state index is 13.5. The van der Waals surface area contributed by atoms with Crippen LogP contribution in [0.1, 0.15) is 5.56 Å². The van der Waals surface area contributed by atoms with Crippen molar-refractivity contribution < 1.29 is 9.13 Å². The molecule has 0 aliphatic heterocycles. The van der Waals surface area contributed by atoms with Crippen molar-refractivity contribution in [3.8, 4) is 5.88 Å². The number of nitrogens with zero attached hydrogens (tertiary/aromatic N) is 2. The number of hydrogen-bond donors (Lipinski definition) is 1. The molecule has 6 heteroatoms. The lowest BCUT2D eigenvalue weighted by Crippen LogP contribution is -2.13. The van der Waals surface area contributed by atoms with E-state index in [1.165, 1.54) is 6.07 Å². The Bertz CT molecular complexity index is 634. The molecule has 0 atom stereocenters. The van der Waals surface area contributed by atoms with Gasteiger partial charge in [-0.05, 0) is 23.8 Å². The average molecular weight is 310 g/mol.